The summed E-state index contributed by atoms with van der Waals surface area (Å²) in [7, 11) is 1.58. The van der Waals surface area contributed by atoms with E-state index in [1.165, 1.54) is 24.7 Å². The lowest BCUT2D eigenvalue weighted by Gasteiger charge is -2.07. The zero-order valence-electron chi connectivity index (χ0n) is 9.64. The lowest BCUT2D eigenvalue weighted by Crippen LogP contribution is -2.12. The Morgan fingerprint density at radius 1 is 1.44 bits per heavy atom. The monoisotopic (exact) mass is 246 g/mol. The van der Waals surface area contributed by atoms with E-state index in [1.54, 1.807) is 13.1 Å². The highest BCUT2D eigenvalue weighted by molar-refractivity contribution is 5.99. The summed E-state index contributed by atoms with van der Waals surface area (Å²) in [4.78, 5) is 19.0. The first-order valence-corrected chi connectivity index (χ1v) is 5.21. The van der Waals surface area contributed by atoms with Gasteiger partial charge in [0.2, 0.25) is 0 Å². The van der Waals surface area contributed by atoms with Gasteiger partial charge in [0.05, 0.1) is 5.56 Å². The summed E-state index contributed by atoms with van der Waals surface area (Å²) in [6.45, 7) is 0. The lowest BCUT2D eigenvalue weighted by atomic mass is 10.0. The summed E-state index contributed by atoms with van der Waals surface area (Å²) in [6, 6.07) is 2.89. The molecule has 2 aromatic rings. The molecule has 0 spiro atoms. The van der Waals surface area contributed by atoms with Crippen LogP contribution in [0.4, 0.5) is 10.2 Å². The lowest BCUT2D eigenvalue weighted by molar-refractivity contribution is 0.100. The van der Waals surface area contributed by atoms with Gasteiger partial charge in [-0.2, -0.15) is 0 Å². The van der Waals surface area contributed by atoms with Gasteiger partial charge in [0.25, 0.3) is 5.91 Å². The first-order chi connectivity index (χ1) is 8.63. The molecule has 0 bridgehead atoms. The largest absolute Gasteiger partial charge is 0.371 e. The number of carbonyl (C=O) groups is 1. The van der Waals surface area contributed by atoms with Gasteiger partial charge in [0, 0.05) is 31.2 Å². The van der Waals surface area contributed by atoms with Crippen LogP contribution in [-0.2, 0) is 0 Å². The fourth-order valence-corrected chi connectivity index (χ4v) is 1.61. The zero-order valence-corrected chi connectivity index (χ0v) is 9.64. The predicted molar refractivity (Wildman–Crippen MR) is 65.5 cm³/mol. The number of nitrogens with two attached hydrogens (primary N) is 1. The van der Waals surface area contributed by atoms with Crippen molar-refractivity contribution in [2.45, 2.75) is 0 Å². The van der Waals surface area contributed by atoms with Crippen molar-refractivity contribution < 1.29 is 9.18 Å². The van der Waals surface area contributed by atoms with Gasteiger partial charge in [0.15, 0.2) is 11.6 Å². The van der Waals surface area contributed by atoms with Gasteiger partial charge in [-0.25, -0.2) is 9.37 Å². The minimum absolute atomic E-state index is 0.147. The average molecular weight is 246 g/mol. The SMILES string of the molecule is CNc1ncc(-c2ccncc2C(N)=O)cc1F. The fraction of sp³-hybridized carbons (Fsp3) is 0.0833. The maximum atomic E-state index is 13.6. The molecule has 2 aromatic heterocycles. The van der Waals surface area contributed by atoms with E-state index in [2.05, 4.69) is 15.3 Å². The molecular weight excluding hydrogens is 235 g/mol. The molecule has 0 aliphatic carbocycles. The number of anilines is 1. The predicted octanol–water partition coefficient (Wildman–Crippen LogP) is 1.42. The number of nitrogens with zero attached hydrogens (tertiary/aromatic N) is 2. The van der Waals surface area contributed by atoms with Crippen LogP contribution in [0.1, 0.15) is 10.4 Å². The molecule has 0 aromatic carbocycles. The number of carbonyl (C=O) groups excluding carboxylic acids is 1. The Kier molecular flexibility index (Phi) is 3.18. The maximum absolute atomic E-state index is 13.6. The number of nitrogens with one attached hydrogen (secondary N) is 1. The van der Waals surface area contributed by atoms with Crippen LogP contribution in [-0.4, -0.2) is 22.9 Å². The Morgan fingerprint density at radius 3 is 2.83 bits per heavy atom. The van der Waals surface area contributed by atoms with Gasteiger partial charge in [-0.05, 0) is 17.7 Å². The molecule has 0 aliphatic heterocycles. The third kappa shape index (κ3) is 2.13. The number of hydrogen-bond acceptors (Lipinski definition) is 4. The van der Waals surface area contributed by atoms with Crippen molar-refractivity contribution in [1.29, 1.82) is 0 Å². The van der Waals surface area contributed by atoms with E-state index in [-0.39, 0.29) is 11.4 Å². The minimum Gasteiger partial charge on any atom is -0.371 e. The van der Waals surface area contributed by atoms with Gasteiger partial charge < -0.3 is 11.1 Å². The summed E-state index contributed by atoms with van der Waals surface area (Å²) in [5, 5.41) is 2.62. The first-order valence-electron chi connectivity index (χ1n) is 5.21. The number of primary amides is 1. The maximum Gasteiger partial charge on any atom is 0.250 e. The molecule has 0 radical (unpaired) electrons. The molecule has 0 saturated carbocycles. The number of rotatable bonds is 3. The Bertz CT molecular complexity index is 600. The van der Waals surface area contributed by atoms with E-state index in [0.717, 1.165) is 0 Å². The quantitative estimate of drug-likeness (QED) is 0.858. The van der Waals surface area contributed by atoms with Crippen molar-refractivity contribution in [2.24, 2.45) is 5.73 Å². The van der Waals surface area contributed by atoms with Crippen molar-refractivity contribution in [3.63, 3.8) is 0 Å². The molecule has 1 amide bonds. The number of amides is 1. The van der Waals surface area contributed by atoms with Crippen LogP contribution in [0.5, 0.6) is 0 Å². The second-order valence-corrected chi connectivity index (χ2v) is 3.59. The van der Waals surface area contributed by atoms with Crippen LogP contribution in [0, 0.1) is 5.82 Å². The highest BCUT2D eigenvalue weighted by Gasteiger charge is 2.12. The second-order valence-electron chi connectivity index (χ2n) is 3.59. The molecule has 5 nitrogen and oxygen atoms in total. The molecular formula is C12H11FN4O. The van der Waals surface area contributed by atoms with Crippen molar-refractivity contribution in [2.75, 3.05) is 12.4 Å². The van der Waals surface area contributed by atoms with E-state index in [9.17, 15) is 9.18 Å². The topological polar surface area (TPSA) is 80.9 Å². The Morgan fingerprint density at radius 2 is 2.22 bits per heavy atom. The van der Waals surface area contributed by atoms with E-state index in [4.69, 9.17) is 5.73 Å². The Labute approximate surface area is 103 Å². The molecule has 0 aliphatic rings. The van der Waals surface area contributed by atoms with Crippen molar-refractivity contribution >= 4 is 11.7 Å². The molecule has 3 N–H and O–H groups in total. The smallest absolute Gasteiger partial charge is 0.250 e. The molecule has 92 valence electrons. The van der Waals surface area contributed by atoms with Gasteiger partial charge in [-0.15, -0.1) is 0 Å². The van der Waals surface area contributed by atoms with Gasteiger partial charge >= 0.3 is 0 Å². The third-order valence-electron chi connectivity index (χ3n) is 2.48. The van der Waals surface area contributed by atoms with E-state index in [0.29, 0.717) is 11.1 Å². The van der Waals surface area contributed by atoms with Crippen molar-refractivity contribution in [3.05, 3.63) is 42.1 Å². The van der Waals surface area contributed by atoms with Crippen LogP contribution in [0.3, 0.4) is 0 Å². The summed E-state index contributed by atoms with van der Waals surface area (Å²) in [5.41, 5.74) is 6.45. The first kappa shape index (κ1) is 12.0. The summed E-state index contributed by atoms with van der Waals surface area (Å²) in [5.74, 6) is -0.966. The number of aromatic nitrogens is 2. The number of hydrogen-bond donors (Lipinski definition) is 2. The zero-order chi connectivity index (χ0) is 13.1. The number of halogens is 1. The average Bonchev–Trinajstić information content (AvgIpc) is 2.38. The van der Waals surface area contributed by atoms with Gasteiger partial charge in [0.1, 0.15) is 0 Å². The summed E-state index contributed by atoms with van der Waals surface area (Å²) >= 11 is 0. The molecule has 0 fully saturated rings. The third-order valence-corrected chi connectivity index (χ3v) is 2.48. The van der Waals surface area contributed by atoms with Crippen LogP contribution in [0.15, 0.2) is 30.7 Å². The van der Waals surface area contributed by atoms with Crippen molar-refractivity contribution in [3.8, 4) is 11.1 Å². The molecule has 0 unspecified atom stereocenters. The molecule has 0 atom stereocenters. The molecule has 18 heavy (non-hydrogen) atoms. The minimum atomic E-state index is -0.615. The summed E-state index contributed by atoms with van der Waals surface area (Å²) < 4.78 is 13.6. The number of pyridine rings is 2. The van der Waals surface area contributed by atoms with E-state index >= 15 is 0 Å². The van der Waals surface area contributed by atoms with E-state index in [1.807, 2.05) is 0 Å². The van der Waals surface area contributed by atoms with Crippen LogP contribution < -0.4 is 11.1 Å². The van der Waals surface area contributed by atoms with Gasteiger partial charge in [-0.1, -0.05) is 0 Å². The normalized spacial score (nSPS) is 10.1. The molecule has 6 heteroatoms. The van der Waals surface area contributed by atoms with Gasteiger partial charge in [-0.3, -0.25) is 9.78 Å². The second kappa shape index (κ2) is 4.79. The van der Waals surface area contributed by atoms with E-state index < -0.39 is 11.7 Å². The molecule has 2 heterocycles. The Balaban J connectivity index is 2.55. The summed E-state index contributed by atoms with van der Waals surface area (Å²) in [6.07, 6.45) is 4.32. The van der Waals surface area contributed by atoms with Crippen LogP contribution >= 0.6 is 0 Å². The standard InChI is InChI=1S/C12H11FN4O/c1-15-12-10(13)4-7(5-17-12)8-2-3-16-6-9(8)11(14)18/h2-6H,1H3,(H2,14,18)(H,15,17). The Hall–Kier alpha value is -2.50. The van der Waals surface area contributed by atoms with Crippen LogP contribution in [0.2, 0.25) is 0 Å². The molecule has 0 saturated heterocycles. The highest BCUT2D eigenvalue weighted by atomic mass is 19.1. The van der Waals surface area contributed by atoms with Crippen LogP contribution in [0.25, 0.3) is 11.1 Å². The molecule has 2 rings (SSSR count). The fourth-order valence-electron chi connectivity index (χ4n) is 1.61. The highest BCUT2D eigenvalue weighted by Crippen LogP contribution is 2.24. The van der Waals surface area contributed by atoms with Crippen molar-refractivity contribution in [1.82, 2.24) is 9.97 Å².